The first-order valence-corrected chi connectivity index (χ1v) is 5.09. The Morgan fingerprint density at radius 2 is 1.82 bits per heavy atom. The summed E-state index contributed by atoms with van der Waals surface area (Å²) in [6.07, 6.45) is 6.10. The van der Waals surface area contributed by atoms with E-state index < -0.39 is 0 Å². The average Bonchev–Trinajstić information content (AvgIpc) is 2.60. The van der Waals surface area contributed by atoms with E-state index in [0.717, 1.165) is 17.8 Å². The van der Waals surface area contributed by atoms with Crippen LogP contribution in [0.1, 0.15) is 46.5 Å². The van der Waals surface area contributed by atoms with Gasteiger partial charge in [-0.3, -0.25) is 0 Å². The monoisotopic (exact) mass is 152 g/mol. The van der Waals surface area contributed by atoms with Crippen molar-refractivity contribution in [2.75, 3.05) is 0 Å². The normalized spacial score (nSPS) is 43.4. The van der Waals surface area contributed by atoms with Gasteiger partial charge in [-0.2, -0.15) is 0 Å². The first kappa shape index (κ1) is 7.64. The fourth-order valence-corrected chi connectivity index (χ4v) is 2.99. The van der Waals surface area contributed by atoms with E-state index in [1.54, 1.807) is 6.42 Å². The van der Waals surface area contributed by atoms with Crippen LogP contribution in [0.3, 0.4) is 0 Å². The highest BCUT2D eigenvalue weighted by molar-refractivity contribution is 4.98. The highest BCUT2D eigenvalue weighted by Crippen LogP contribution is 2.57. The zero-order valence-corrected chi connectivity index (χ0v) is 8.06. The summed E-state index contributed by atoms with van der Waals surface area (Å²) in [7, 11) is 0. The third-order valence-electron chi connectivity index (χ3n) is 3.70. The van der Waals surface area contributed by atoms with Crippen LogP contribution < -0.4 is 0 Å². The van der Waals surface area contributed by atoms with Crippen LogP contribution in [0.2, 0.25) is 0 Å². The van der Waals surface area contributed by atoms with Crippen LogP contribution in [0.15, 0.2) is 0 Å². The maximum atomic E-state index is 2.42. The van der Waals surface area contributed by atoms with Gasteiger partial charge in [-0.15, -0.1) is 0 Å². The second kappa shape index (κ2) is 2.24. The standard InChI is InChI=1S/C11H20/c1-11(2,3)10-6-4-5-8-7-9(8)10/h8-10H,4-7H2,1-3H3. The molecule has 2 saturated carbocycles. The Morgan fingerprint density at radius 1 is 1.09 bits per heavy atom. The van der Waals surface area contributed by atoms with Gasteiger partial charge in [-0.25, -0.2) is 0 Å². The van der Waals surface area contributed by atoms with Crippen LogP contribution in [0.4, 0.5) is 0 Å². The highest BCUT2D eigenvalue weighted by atomic mass is 14.5. The third kappa shape index (κ3) is 1.32. The first-order valence-electron chi connectivity index (χ1n) is 5.09. The fraction of sp³-hybridized carbons (Fsp3) is 1.00. The van der Waals surface area contributed by atoms with Crippen molar-refractivity contribution < 1.29 is 0 Å². The van der Waals surface area contributed by atoms with Gasteiger partial charge >= 0.3 is 0 Å². The summed E-state index contributed by atoms with van der Waals surface area (Å²) in [5.41, 5.74) is 0.583. The molecule has 3 unspecified atom stereocenters. The summed E-state index contributed by atoms with van der Waals surface area (Å²) >= 11 is 0. The Hall–Kier alpha value is 0. The SMILES string of the molecule is CC(C)(C)C1CCCC2CC21. The first-order chi connectivity index (χ1) is 5.09. The lowest BCUT2D eigenvalue weighted by Crippen LogP contribution is -2.25. The number of hydrogen-bond donors (Lipinski definition) is 0. The van der Waals surface area contributed by atoms with E-state index in [9.17, 15) is 0 Å². The minimum atomic E-state index is 0.583. The van der Waals surface area contributed by atoms with Gasteiger partial charge in [0.2, 0.25) is 0 Å². The van der Waals surface area contributed by atoms with Crippen molar-refractivity contribution in [3.8, 4) is 0 Å². The summed E-state index contributed by atoms with van der Waals surface area (Å²) in [6, 6.07) is 0. The van der Waals surface area contributed by atoms with Gasteiger partial charge in [-0.1, -0.05) is 33.6 Å². The summed E-state index contributed by atoms with van der Waals surface area (Å²) < 4.78 is 0. The zero-order valence-electron chi connectivity index (χ0n) is 8.06. The Labute approximate surface area is 70.4 Å². The molecule has 0 amide bonds. The van der Waals surface area contributed by atoms with Crippen LogP contribution >= 0.6 is 0 Å². The topological polar surface area (TPSA) is 0 Å². The Balaban J connectivity index is 2.03. The molecule has 0 bridgehead atoms. The van der Waals surface area contributed by atoms with E-state index in [0.29, 0.717) is 5.41 Å². The molecule has 11 heavy (non-hydrogen) atoms. The molecule has 0 nitrogen and oxygen atoms in total. The molecular weight excluding hydrogens is 132 g/mol. The summed E-state index contributed by atoms with van der Waals surface area (Å²) in [5, 5.41) is 0. The van der Waals surface area contributed by atoms with E-state index in [2.05, 4.69) is 20.8 Å². The van der Waals surface area contributed by atoms with Crippen molar-refractivity contribution in [3.63, 3.8) is 0 Å². The van der Waals surface area contributed by atoms with Crippen LogP contribution in [0.5, 0.6) is 0 Å². The molecule has 0 aliphatic heterocycles. The Kier molecular flexibility index (Phi) is 1.56. The van der Waals surface area contributed by atoms with Gasteiger partial charge in [0.15, 0.2) is 0 Å². The van der Waals surface area contributed by atoms with Gasteiger partial charge in [0.05, 0.1) is 0 Å². The van der Waals surface area contributed by atoms with E-state index in [1.807, 2.05) is 0 Å². The maximum absolute atomic E-state index is 2.42. The molecular formula is C11H20. The maximum Gasteiger partial charge on any atom is -0.0334 e. The number of hydrogen-bond acceptors (Lipinski definition) is 0. The molecule has 0 heteroatoms. The van der Waals surface area contributed by atoms with E-state index in [-0.39, 0.29) is 0 Å². The Morgan fingerprint density at radius 3 is 2.36 bits per heavy atom. The van der Waals surface area contributed by atoms with Crippen LogP contribution in [-0.4, -0.2) is 0 Å². The predicted octanol–water partition coefficient (Wildman–Crippen LogP) is 3.47. The molecule has 0 aromatic carbocycles. The number of fused-ring (bicyclic) bond motifs is 1. The largest absolute Gasteiger partial charge is 0.0599 e. The van der Waals surface area contributed by atoms with E-state index in [1.165, 1.54) is 19.3 Å². The van der Waals surface area contributed by atoms with Crippen molar-refractivity contribution in [2.24, 2.45) is 23.2 Å². The molecule has 2 aliphatic carbocycles. The summed E-state index contributed by atoms with van der Waals surface area (Å²) in [5.74, 6) is 3.32. The molecule has 0 saturated heterocycles. The lowest BCUT2D eigenvalue weighted by molar-refractivity contribution is 0.163. The molecule has 0 spiro atoms. The fourth-order valence-electron chi connectivity index (χ4n) is 2.99. The van der Waals surface area contributed by atoms with Crippen LogP contribution in [0, 0.1) is 23.2 Å². The molecule has 64 valence electrons. The molecule has 2 rings (SSSR count). The molecule has 0 aromatic rings. The minimum absolute atomic E-state index is 0.583. The second-order valence-corrected chi connectivity index (χ2v) is 5.56. The smallest absolute Gasteiger partial charge is 0.0334 e. The molecule has 2 aliphatic rings. The van der Waals surface area contributed by atoms with Crippen molar-refractivity contribution in [1.82, 2.24) is 0 Å². The van der Waals surface area contributed by atoms with Crippen LogP contribution in [0.25, 0.3) is 0 Å². The van der Waals surface area contributed by atoms with Crippen molar-refractivity contribution in [3.05, 3.63) is 0 Å². The van der Waals surface area contributed by atoms with Gasteiger partial charge in [0, 0.05) is 0 Å². The quantitative estimate of drug-likeness (QED) is 0.498. The lowest BCUT2D eigenvalue weighted by Gasteiger charge is -2.33. The van der Waals surface area contributed by atoms with Gasteiger partial charge in [-0.05, 0) is 36.0 Å². The van der Waals surface area contributed by atoms with E-state index in [4.69, 9.17) is 0 Å². The average molecular weight is 152 g/mol. The van der Waals surface area contributed by atoms with Gasteiger partial charge in [0.25, 0.3) is 0 Å². The molecule has 3 atom stereocenters. The van der Waals surface area contributed by atoms with Gasteiger partial charge in [0.1, 0.15) is 0 Å². The van der Waals surface area contributed by atoms with Gasteiger partial charge < -0.3 is 0 Å². The van der Waals surface area contributed by atoms with Crippen molar-refractivity contribution in [1.29, 1.82) is 0 Å². The molecule has 0 aromatic heterocycles. The summed E-state index contributed by atoms with van der Waals surface area (Å²) in [6.45, 7) is 7.25. The van der Waals surface area contributed by atoms with Crippen molar-refractivity contribution in [2.45, 2.75) is 46.5 Å². The Bertz CT molecular complexity index is 152. The van der Waals surface area contributed by atoms with E-state index >= 15 is 0 Å². The molecule has 0 heterocycles. The highest BCUT2D eigenvalue weighted by Gasteiger charge is 2.48. The predicted molar refractivity (Wildman–Crippen MR) is 48.4 cm³/mol. The zero-order chi connectivity index (χ0) is 8.06. The second-order valence-electron chi connectivity index (χ2n) is 5.56. The van der Waals surface area contributed by atoms with Crippen LogP contribution in [-0.2, 0) is 0 Å². The lowest BCUT2D eigenvalue weighted by atomic mass is 9.72. The number of rotatable bonds is 0. The molecule has 0 N–H and O–H groups in total. The summed E-state index contributed by atoms with van der Waals surface area (Å²) in [4.78, 5) is 0. The third-order valence-corrected chi connectivity index (χ3v) is 3.70. The van der Waals surface area contributed by atoms with Crippen molar-refractivity contribution >= 4 is 0 Å². The molecule has 0 radical (unpaired) electrons. The molecule has 2 fully saturated rings. The minimum Gasteiger partial charge on any atom is -0.0599 e.